The van der Waals surface area contributed by atoms with Crippen LogP contribution in [-0.2, 0) is 27.6 Å². The van der Waals surface area contributed by atoms with Crippen molar-refractivity contribution in [2.45, 2.75) is 34.7 Å². The van der Waals surface area contributed by atoms with Gasteiger partial charge in [-0.2, -0.15) is 5.48 Å². The number of nitrogens with zero attached hydrogens (tertiary/aromatic N) is 1. The van der Waals surface area contributed by atoms with Crippen molar-refractivity contribution in [2.75, 3.05) is 13.2 Å². The maximum absolute atomic E-state index is 13.9. The molecule has 0 aromatic heterocycles. The van der Waals surface area contributed by atoms with Crippen LogP contribution in [0.1, 0.15) is 11.1 Å². The Morgan fingerprint density at radius 3 is 2.10 bits per heavy atom. The van der Waals surface area contributed by atoms with Crippen LogP contribution in [0.25, 0.3) is 0 Å². The van der Waals surface area contributed by atoms with Crippen LogP contribution in [0.15, 0.2) is 95.9 Å². The summed E-state index contributed by atoms with van der Waals surface area (Å²) in [5, 5.41) is 0. The first kappa shape index (κ1) is 20.4. The van der Waals surface area contributed by atoms with E-state index in [1.165, 1.54) is 11.1 Å². The molecule has 0 bridgehead atoms. The summed E-state index contributed by atoms with van der Waals surface area (Å²) in [6.07, 6.45) is 0.751. The van der Waals surface area contributed by atoms with Crippen molar-refractivity contribution < 1.29 is 13.3 Å². The molecule has 2 aliphatic rings. The lowest BCUT2D eigenvalue weighted by molar-refractivity contribution is 0.0567. The number of fused-ring (bicyclic) bond motifs is 1. The molecule has 5 rings (SSSR count). The molecule has 2 fully saturated rings. The van der Waals surface area contributed by atoms with E-state index in [4.69, 9.17) is 4.84 Å². The van der Waals surface area contributed by atoms with E-state index in [0.29, 0.717) is 18.0 Å². The molecule has 3 atom stereocenters. The molecule has 0 saturated carbocycles. The Morgan fingerprint density at radius 1 is 0.871 bits per heavy atom. The van der Waals surface area contributed by atoms with Crippen LogP contribution in [0.2, 0.25) is 0 Å². The summed E-state index contributed by atoms with van der Waals surface area (Å²) in [5.41, 5.74) is 5.46. The minimum Gasteiger partial charge on any atom is -0.300 e. The Labute approximate surface area is 183 Å². The Kier molecular flexibility index (Phi) is 5.40. The van der Waals surface area contributed by atoms with Gasteiger partial charge in [-0.1, -0.05) is 78.9 Å². The van der Waals surface area contributed by atoms with Crippen molar-refractivity contribution in [1.82, 2.24) is 10.4 Å². The van der Waals surface area contributed by atoms with Crippen LogP contribution in [0.4, 0.5) is 0 Å². The lowest BCUT2D eigenvalue weighted by atomic mass is 9.95. The standard InChI is InChI=1S/C25H26N2O3S/c28-31(29,22-14-8-3-9-15-22)25-18-27(17-21-12-6-2-7-13-21)23(24(25)26-30-19-25)16-20-10-4-1-5-11-20/h1-15,23-24,26H,16-19H2/t23-,24-,25+/m0/s1. The number of nitrogens with one attached hydrogen (secondary N) is 1. The lowest BCUT2D eigenvalue weighted by Gasteiger charge is -2.28. The maximum atomic E-state index is 13.9. The van der Waals surface area contributed by atoms with Gasteiger partial charge in [-0.3, -0.25) is 9.74 Å². The topological polar surface area (TPSA) is 58.6 Å². The third kappa shape index (κ3) is 3.59. The summed E-state index contributed by atoms with van der Waals surface area (Å²) in [6, 6.07) is 28.9. The first-order valence-electron chi connectivity index (χ1n) is 10.6. The highest BCUT2D eigenvalue weighted by molar-refractivity contribution is 7.93. The molecule has 5 nitrogen and oxygen atoms in total. The highest BCUT2D eigenvalue weighted by Crippen LogP contribution is 2.42. The van der Waals surface area contributed by atoms with Gasteiger partial charge in [0, 0.05) is 19.1 Å². The van der Waals surface area contributed by atoms with Crippen molar-refractivity contribution in [3.05, 3.63) is 102 Å². The largest absolute Gasteiger partial charge is 0.300 e. The fraction of sp³-hybridized carbons (Fsp3) is 0.280. The Morgan fingerprint density at radius 2 is 1.45 bits per heavy atom. The zero-order chi connectivity index (χ0) is 21.3. The van der Waals surface area contributed by atoms with Gasteiger partial charge in [0.1, 0.15) is 4.75 Å². The molecule has 6 heteroatoms. The third-order valence-electron chi connectivity index (χ3n) is 6.52. The van der Waals surface area contributed by atoms with Crippen molar-refractivity contribution in [2.24, 2.45) is 0 Å². The van der Waals surface area contributed by atoms with E-state index in [1.807, 2.05) is 42.5 Å². The quantitative estimate of drug-likeness (QED) is 0.646. The molecular formula is C25H26N2O3S. The smallest absolute Gasteiger partial charge is 0.189 e. The van der Waals surface area contributed by atoms with Gasteiger partial charge >= 0.3 is 0 Å². The van der Waals surface area contributed by atoms with Crippen molar-refractivity contribution in [3.63, 3.8) is 0 Å². The van der Waals surface area contributed by atoms with Crippen LogP contribution in [0.5, 0.6) is 0 Å². The maximum Gasteiger partial charge on any atom is 0.189 e. The van der Waals surface area contributed by atoms with Crippen molar-refractivity contribution >= 4 is 9.84 Å². The third-order valence-corrected chi connectivity index (χ3v) is 8.99. The van der Waals surface area contributed by atoms with E-state index >= 15 is 0 Å². The molecule has 0 unspecified atom stereocenters. The number of benzene rings is 3. The molecule has 2 heterocycles. The number of hydrogen-bond donors (Lipinski definition) is 1. The fourth-order valence-electron chi connectivity index (χ4n) is 4.95. The Balaban J connectivity index is 1.55. The first-order valence-corrected chi connectivity index (χ1v) is 12.1. The molecule has 0 radical (unpaired) electrons. The Bertz CT molecular complexity index is 1120. The van der Waals surface area contributed by atoms with Gasteiger partial charge in [0.15, 0.2) is 9.84 Å². The minimum absolute atomic E-state index is 0.0106. The number of hydroxylamine groups is 1. The molecule has 0 spiro atoms. The number of sulfone groups is 1. The summed E-state index contributed by atoms with van der Waals surface area (Å²) >= 11 is 0. The van der Waals surface area contributed by atoms with Gasteiger partial charge in [-0.25, -0.2) is 8.42 Å². The molecule has 31 heavy (non-hydrogen) atoms. The van der Waals surface area contributed by atoms with Crippen LogP contribution >= 0.6 is 0 Å². The predicted octanol–water partition coefficient (Wildman–Crippen LogP) is 3.23. The van der Waals surface area contributed by atoms with Gasteiger partial charge in [0.2, 0.25) is 0 Å². The second-order valence-electron chi connectivity index (χ2n) is 8.41. The molecule has 3 aromatic rings. The fourth-order valence-corrected chi connectivity index (χ4v) is 7.03. The highest BCUT2D eigenvalue weighted by Gasteiger charge is 2.63. The molecule has 0 aliphatic carbocycles. The molecule has 2 saturated heterocycles. The second-order valence-corrected chi connectivity index (χ2v) is 10.7. The van der Waals surface area contributed by atoms with Gasteiger partial charge in [-0.05, 0) is 29.7 Å². The van der Waals surface area contributed by atoms with E-state index in [-0.39, 0.29) is 18.7 Å². The average molecular weight is 435 g/mol. The highest BCUT2D eigenvalue weighted by atomic mass is 32.2. The summed E-state index contributed by atoms with van der Waals surface area (Å²) in [6.45, 7) is 1.27. The van der Waals surface area contributed by atoms with Gasteiger partial charge in [-0.15, -0.1) is 0 Å². The van der Waals surface area contributed by atoms with Crippen LogP contribution in [-0.4, -0.2) is 43.3 Å². The number of likely N-dealkylation sites (tertiary alicyclic amines) is 1. The lowest BCUT2D eigenvalue weighted by Crippen LogP contribution is -2.52. The average Bonchev–Trinajstić information content (AvgIpc) is 3.35. The second kappa shape index (κ2) is 8.20. The van der Waals surface area contributed by atoms with Crippen LogP contribution in [0, 0.1) is 0 Å². The zero-order valence-electron chi connectivity index (χ0n) is 17.2. The van der Waals surface area contributed by atoms with Gasteiger partial charge < -0.3 is 0 Å². The number of rotatable bonds is 6. The summed E-state index contributed by atoms with van der Waals surface area (Å²) in [4.78, 5) is 8.30. The van der Waals surface area contributed by atoms with E-state index in [0.717, 1.165) is 6.42 Å². The van der Waals surface area contributed by atoms with Crippen molar-refractivity contribution in [1.29, 1.82) is 0 Å². The first-order chi connectivity index (χ1) is 15.1. The van der Waals surface area contributed by atoms with E-state index in [9.17, 15) is 8.42 Å². The summed E-state index contributed by atoms with van der Waals surface area (Å²) in [5.74, 6) is 0. The van der Waals surface area contributed by atoms with E-state index < -0.39 is 14.6 Å². The van der Waals surface area contributed by atoms with E-state index in [2.05, 4.69) is 34.6 Å². The molecule has 0 amide bonds. The summed E-state index contributed by atoms with van der Waals surface area (Å²) in [7, 11) is -3.62. The minimum atomic E-state index is -3.62. The summed E-state index contributed by atoms with van der Waals surface area (Å²) < 4.78 is 26.7. The van der Waals surface area contributed by atoms with E-state index in [1.54, 1.807) is 24.3 Å². The van der Waals surface area contributed by atoms with Gasteiger partial charge in [0.25, 0.3) is 0 Å². The Hall–Kier alpha value is -2.51. The molecule has 3 aromatic carbocycles. The van der Waals surface area contributed by atoms with Gasteiger partial charge in [0.05, 0.1) is 17.5 Å². The normalized spacial score (nSPS) is 26.1. The van der Waals surface area contributed by atoms with Crippen LogP contribution in [0.3, 0.4) is 0 Å². The molecule has 160 valence electrons. The molecular weight excluding hydrogens is 408 g/mol. The zero-order valence-corrected chi connectivity index (χ0v) is 18.0. The molecule has 1 N–H and O–H groups in total. The monoisotopic (exact) mass is 434 g/mol. The SMILES string of the molecule is O=S(=O)(c1ccccc1)[C@]12CON[C@H]1[C@H](Cc1ccccc1)N(Cc1ccccc1)C2. The van der Waals surface area contributed by atoms with Crippen LogP contribution < -0.4 is 5.48 Å². The number of hydrogen-bond acceptors (Lipinski definition) is 5. The predicted molar refractivity (Wildman–Crippen MR) is 120 cm³/mol. The van der Waals surface area contributed by atoms with Crippen molar-refractivity contribution in [3.8, 4) is 0 Å². The molecule has 2 aliphatic heterocycles.